The minimum atomic E-state index is -0.496. The lowest BCUT2D eigenvalue weighted by atomic mass is 10.2. The molecule has 21 heavy (non-hydrogen) atoms. The molecule has 0 saturated heterocycles. The van der Waals surface area contributed by atoms with Crippen molar-refractivity contribution in [2.75, 3.05) is 5.73 Å². The molecule has 0 radical (unpaired) electrons. The molecule has 2 N–H and O–H groups in total. The van der Waals surface area contributed by atoms with Gasteiger partial charge in [-0.05, 0) is 52.3 Å². The third-order valence-electron chi connectivity index (χ3n) is 2.85. The van der Waals surface area contributed by atoms with Gasteiger partial charge in [0.15, 0.2) is 0 Å². The number of hydrogen-bond donors (Lipinski definition) is 1. The zero-order valence-corrected chi connectivity index (χ0v) is 12.8. The van der Waals surface area contributed by atoms with Crippen molar-refractivity contribution < 1.29 is 8.91 Å². The number of nitrogens with two attached hydrogens (primary N) is 1. The van der Waals surface area contributed by atoms with Crippen LogP contribution >= 0.6 is 27.5 Å². The number of nitrogens with zero attached hydrogens (tertiary/aromatic N) is 2. The molecule has 0 amide bonds. The molecule has 3 rings (SSSR count). The summed E-state index contributed by atoms with van der Waals surface area (Å²) in [6, 6.07) is 9.55. The highest BCUT2D eigenvalue weighted by Crippen LogP contribution is 2.28. The van der Waals surface area contributed by atoms with Gasteiger partial charge in [-0.1, -0.05) is 16.8 Å². The van der Waals surface area contributed by atoms with Crippen LogP contribution in [0.25, 0.3) is 22.8 Å². The summed E-state index contributed by atoms with van der Waals surface area (Å²) in [7, 11) is 0. The molecule has 2 aromatic carbocycles. The summed E-state index contributed by atoms with van der Waals surface area (Å²) >= 11 is 9.06. The van der Waals surface area contributed by atoms with Gasteiger partial charge in [0.2, 0.25) is 5.82 Å². The maximum Gasteiger partial charge on any atom is 0.258 e. The zero-order chi connectivity index (χ0) is 15.0. The fourth-order valence-corrected chi connectivity index (χ4v) is 2.20. The second-order valence-electron chi connectivity index (χ2n) is 4.29. The van der Waals surface area contributed by atoms with Gasteiger partial charge < -0.3 is 10.3 Å². The Morgan fingerprint density at radius 2 is 1.90 bits per heavy atom. The van der Waals surface area contributed by atoms with Crippen LogP contribution in [0, 0.1) is 5.82 Å². The van der Waals surface area contributed by atoms with Crippen LogP contribution in [0.5, 0.6) is 0 Å². The van der Waals surface area contributed by atoms with Crippen LogP contribution < -0.4 is 5.73 Å². The summed E-state index contributed by atoms with van der Waals surface area (Å²) < 4.78 is 19.1. The van der Waals surface area contributed by atoms with Crippen molar-refractivity contribution >= 4 is 33.2 Å². The molecule has 106 valence electrons. The number of rotatable bonds is 2. The number of aromatic nitrogens is 2. The van der Waals surface area contributed by atoms with E-state index in [1.807, 2.05) is 0 Å². The first-order chi connectivity index (χ1) is 10.0. The summed E-state index contributed by atoms with van der Waals surface area (Å²) in [5.41, 5.74) is 7.65. The second-order valence-corrected chi connectivity index (χ2v) is 5.55. The van der Waals surface area contributed by atoms with Crippen molar-refractivity contribution in [2.24, 2.45) is 0 Å². The van der Waals surface area contributed by atoms with E-state index in [0.717, 1.165) is 4.47 Å². The standard InChI is InChI=1S/C14H8BrClFN3O/c15-9-3-1-8(6-12(9)18)14-19-13(20-21-14)7-2-4-11(17)10(16)5-7/h1-6H,18H2. The van der Waals surface area contributed by atoms with E-state index in [-0.39, 0.29) is 5.02 Å². The molecule has 0 saturated carbocycles. The van der Waals surface area contributed by atoms with E-state index >= 15 is 0 Å². The van der Waals surface area contributed by atoms with Crippen molar-refractivity contribution in [1.82, 2.24) is 10.1 Å². The van der Waals surface area contributed by atoms with Crippen LogP contribution in [-0.2, 0) is 0 Å². The van der Waals surface area contributed by atoms with Crippen molar-refractivity contribution in [1.29, 1.82) is 0 Å². The Balaban J connectivity index is 1.99. The molecule has 1 heterocycles. The van der Waals surface area contributed by atoms with Gasteiger partial charge in [0.25, 0.3) is 5.89 Å². The van der Waals surface area contributed by atoms with Gasteiger partial charge in [0.1, 0.15) is 5.82 Å². The normalized spacial score (nSPS) is 10.8. The second kappa shape index (κ2) is 5.46. The Morgan fingerprint density at radius 3 is 2.62 bits per heavy atom. The fourth-order valence-electron chi connectivity index (χ4n) is 1.77. The quantitative estimate of drug-likeness (QED) is 0.674. The van der Waals surface area contributed by atoms with Crippen LogP contribution in [-0.4, -0.2) is 10.1 Å². The average Bonchev–Trinajstić information content (AvgIpc) is 2.94. The Kier molecular flexibility index (Phi) is 3.65. The van der Waals surface area contributed by atoms with E-state index < -0.39 is 5.82 Å². The predicted octanol–water partition coefficient (Wildman–Crippen LogP) is 4.54. The molecule has 4 nitrogen and oxygen atoms in total. The largest absolute Gasteiger partial charge is 0.398 e. The third kappa shape index (κ3) is 2.77. The van der Waals surface area contributed by atoms with E-state index in [9.17, 15) is 4.39 Å². The van der Waals surface area contributed by atoms with Gasteiger partial charge in [-0.25, -0.2) is 4.39 Å². The van der Waals surface area contributed by atoms with Gasteiger partial charge in [-0.3, -0.25) is 0 Å². The van der Waals surface area contributed by atoms with E-state index in [2.05, 4.69) is 26.1 Å². The summed E-state index contributed by atoms with van der Waals surface area (Å²) in [5, 5.41) is 3.87. The maximum absolute atomic E-state index is 13.2. The minimum absolute atomic E-state index is 0.00624. The fraction of sp³-hybridized carbons (Fsp3) is 0. The van der Waals surface area contributed by atoms with Crippen molar-refractivity contribution in [3.63, 3.8) is 0 Å². The number of anilines is 1. The summed E-state index contributed by atoms with van der Waals surface area (Å²) in [4.78, 5) is 4.26. The molecular weight excluding hydrogens is 361 g/mol. The molecule has 7 heteroatoms. The molecular formula is C14H8BrClFN3O. The number of nitrogen functional groups attached to an aromatic ring is 1. The smallest absolute Gasteiger partial charge is 0.258 e. The van der Waals surface area contributed by atoms with Crippen LogP contribution in [0.1, 0.15) is 0 Å². The molecule has 0 aliphatic heterocycles. The highest BCUT2D eigenvalue weighted by atomic mass is 79.9. The van der Waals surface area contributed by atoms with E-state index in [4.69, 9.17) is 21.9 Å². The van der Waals surface area contributed by atoms with Crippen LogP contribution in [0.3, 0.4) is 0 Å². The van der Waals surface area contributed by atoms with Crippen molar-refractivity contribution in [3.05, 3.63) is 51.7 Å². The Bertz CT molecular complexity index is 756. The monoisotopic (exact) mass is 367 g/mol. The summed E-state index contributed by atoms with van der Waals surface area (Å²) in [5.74, 6) is 0.155. The molecule has 0 aliphatic carbocycles. The first-order valence-electron chi connectivity index (χ1n) is 5.89. The minimum Gasteiger partial charge on any atom is -0.398 e. The van der Waals surface area contributed by atoms with E-state index in [1.54, 1.807) is 18.2 Å². The van der Waals surface area contributed by atoms with Crippen LogP contribution in [0.2, 0.25) is 5.02 Å². The first kappa shape index (κ1) is 14.0. The van der Waals surface area contributed by atoms with Crippen molar-refractivity contribution in [2.45, 2.75) is 0 Å². The number of halogens is 3. The number of benzene rings is 2. The van der Waals surface area contributed by atoms with Gasteiger partial charge in [0.05, 0.1) is 5.02 Å². The van der Waals surface area contributed by atoms with Gasteiger partial charge in [-0.15, -0.1) is 0 Å². The lowest BCUT2D eigenvalue weighted by Gasteiger charge is -1.99. The zero-order valence-electron chi connectivity index (χ0n) is 10.5. The van der Waals surface area contributed by atoms with Gasteiger partial charge in [-0.2, -0.15) is 4.98 Å². The lowest BCUT2D eigenvalue weighted by Crippen LogP contribution is -1.88. The molecule has 0 atom stereocenters. The lowest BCUT2D eigenvalue weighted by molar-refractivity contribution is 0.432. The topological polar surface area (TPSA) is 64.9 Å². The molecule has 3 aromatic rings. The van der Waals surface area contributed by atoms with Crippen LogP contribution in [0.4, 0.5) is 10.1 Å². The molecule has 0 fully saturated rings. The molecule has 0 unspecified atom stereocenters. The van der Waals surface area contributed by atoms with E-state index in [1.165, 1.54) is 18.2 Å². The third-order valence-corrected chi connectivity index (χ3v) is 3.86. The van der Waals surface area contributed by atoms with Crippen LogP contribution in [0.15, 0.2) is 45.4 Å². The average molecular weight is 369 g/mol. The molecule has 0 spiro atoms. The van der Waals surface area contributed by atoms with Crippen molar-refractivity contribution in [3.8, 4) is 22.8 Å². The molecule has 0 aliphatic rings. The Morgan fingerprint density at radius 1 is 1.14 bits per heavy atom. The Labute approximate surface area is 132 Å². The first-order valence-corrected chi connectivity index (χ1v) is 7.06. The van der Waals surface area contributed by atoms with Gasteiger partial charge >= 0.3 is 0 Å². The molecule has 1 aromatic heterocycles. The SMILES string of the molecule is Nc1cc(-c2nc(-c3ccc(F)c(Cl)c3)no2)ccc1Br. The number of hydrogen-bond acceptors (Lipinski definition) is 4. The predicted molar refractivity (Wildman–Crippen MR) is 82.3 cm³/mol. The summed E-state index contributed by atoms with van der Waals surface area (Å²) in [6.45, 7) is 0. The Hall–Kier alpha value is -1.92. The van der Waals surface area contributed by atoms with E-state index in [0.29, 0.717) is 28.5 Å². The highest BCUT2D eigenvalue weighted by Gasteiger charge is 2.13. The maximum atomic E-state index is 13.2. The summed E-state index contributed by atoms with van der Waals surface area (Å²) in [6.07, 6.45) is 0. The molecule has 0 bridgehead atoms. The van der Waals surface area contributed by atoms with Gasteiger partial charge in [0, 0.05) is 21.3 Å². The highest BCUT2D eigenvalue weighted by molar-refractivity contribution is 9.10.